The molecular formula is C10H9Cl2FN2O3. The molecule has 0 fully saturated rings. The Balaban J connectivity index is 2.85. The van der Waals surface area contributed by atoms with Crippen LogP contribution in [0.5, 0.6) is 0 Å². The van der Waals surface area contributed by atoms with E-state index < -0.39 is 24.4 Å². The molecule has 0 radical (unpaired) electrons. The third-order valence-electron chi connectivity index (χ3n) is 1.96. The fourth-order valence-electron chi connectivity index (χ4n) is 1.14. The molecule has 0 aliphatic carbocycles. The zero-order valence-electron chi connectivity index (χ0n) is 9.21. The third-order valence-corrected chi connectivity index (χ3v) is 2.55. The average molecular weight is 295 g/mol. The minimum Gasteiger partial charge on any atom is -0.480 e. The van der Waals surface area contributed by atoms with E-state index in [9.17, 15) is 14.0 Å². The zero-order chi connectivity index (χ0) is 13.9. The maximum atomic E-state index is 12.9. The lowest BCUT2D eigenvalue weighted by Crippen LogP contribution is -2.35. The summed E-state index contributed by atoms with van der Waals surface area (Å²) in [7, 11) is 1.29. The number of hydrogen-bond acceptors (Lipinski definition) is 2. The number of carboxylic acids is 1. The number of carbonyl (C=O) groups is 2. The van der Waals surface area contributed by atoms with E-state index in [2.05, 4.69) is 5.32 Å². The molecule has 0 aliphatic rings. The van der Waals surface area contributed by atoms with Gasteiger partial charge >= 0.3 is 12.0 Å². The van der Waals surface area contributed by atoms with Crippen LogP contribution in [-0.2, 0) is 4.79 Å². The molecule has 98 valence electrons. The number of urea groups is 1. The highest BCUT2D eigenvalue weighted by atomic mass is 35.5. The van der Waals surface area contributed by atoms with Gasteiger partial charge in [-0.05, 0) is 12.1 Å². The molecule has 0 bridgehead atoms. The lowest BCUT2D eigenvalue weighted by molar-refractivity contribution is -0.137. The zero-order valence-corrected chi connectivity index (χ0v) is 10.7. The second-order valence-corrected chi connectivity index (χ2v) is 4.24. The van der Waals surface area contributed by atoms with Crippen molar-refractivity contribution in [2.45, 2.75) is 0 Å². The molecule has 1 aromatic carbocycles. The highest BCUT2D eigenvalue weighted by Crippen LogP contribution is 2.31. The number of halogens is 3. The van der Waals surface area contributed by atoms with Crippen LogP contribution >= 0.6 is 23.2 Å². The van der Waals surface area contributed by atoms with Gasteiger partial charge in [0.25, 0.3) is 0 Å². The van der Waals surface area contributed by atoms with Crippen LogP contribution in [0.1, 0.15) is 0 Å². The van der Waals surface area contributed by atoms with Gasteiger partial charge in [-0.25, -0.2) is 9.18 Å². The number of hydrogen-bond donors (Lipinski definition) is 2. The first-order chi connectivity index (χ1) is 8.31. The van der Waals surface area contributed by atoms with Crippen molar-refractivity contribution < 1.29 is 19.1 Å². The average Bonchev–Trinajstić information content (AvgIpc) is 2.21. The van der Waals surface area contributed by atoms with Crippen molar-refractivity contribution in [3.05, 3.63) is 28.0 Å². The lowest BCUT2D eigenvalue weighted by atomic mass is 10.3. The maximum absolute atomic E-state index is 12.9. The Morgan fingerprint density at radius 2 is 1.89 bits per heavy atom. The minimum atomic E-state index is -1.16. The molecule has 8 heteroatoms. The third kappa shape index (κ3) is 3.75. The number of anilines is 1. The van der Waals surface area contributed by atoms with Gasteiger partial charge in [0.2, 0.25) is 0 Å². The predicted octanol–water partition coefficient (Wildman–Crippen LogP) is 2.68. The Bertz CT molecular complexity index is 473. The second kappa shape index (κ2) is 5.88. The quantitative estimate of drug-likeness (QED) is 0.900. The highest BCUT2D eigenvalue weighted by molar-refractivity contribution is 6.39. The molecule has 2 amide bonds. The van der Waals surface area contributed by atoms with E-state index in [1.165, 1.54) is 7.05 Å². The molecule has 0 saturated carbocycles. The summed E-state index contributed by atoms with van der Waals surface area (Å²) >= 11 is 11.4. The van der Waals surface area contributed by atoms with Crippen molar-refractivity contribution in [3.8, 4) is 0 Å². The minimum absolute atomic E-state index is 0.0296. The number of nitrogens with zero attached hydrogens (tertiary/aromatic N) is 1. The first kappa shape index (κ1) is 14.5. The Morgan fingerprint density at radius 1 is 1.39 bits per heavy atom. The summed E-state index contributed by atoms with van der Waals surface area (Å²) in [5.41, 5.74) is 0.0296. The van der Waals surface area contributed by atoms with Crippen molar-refractivity contribution in [1.82, 2.24) is 4.90 Å². The molecule has 0 heterocycles. The van der Waals surface area contributed by atoms with Crippen molar-refractivity contribution in [2.75, 3.05) is 18.9 Å². The number of carboxylic acid groups (broad SMARTS) is 1. The molecule has 18 heavy (non-hydrogen) atoms. The summed E-state index contributed by atoms with van der Waals surface area (Å²) in [6, 6.07) is 1.26. The molecule has 0 saturated heterocycles. The molecule has 0 aromatic heterocycles. The van der Waals surface area contributed by atoms with E-state index in [0.29, 0.717) is 0 Å². The van der Waals surface area contributed by atoms with Crippen LogP contribution in [0.4, 0.5) is 14.9 Å². The van der Waals surface area contributed by atoms with E-state index in [1.807, 2.05) is 0 Å². The van der Waals surface area contributed by atoms with Gasteiger partial charge < -0.3 is 15.3 Å². The molecule has 0 atom stereocenters. The fourth-order valence-corrected chi connectivity index (χ4v) is 1.69. The van der Waals surface area contributed by atoms with E-state index >= 15 is 0 Å². The smallest absolute Gasteiger partial charge is 0.323 e. The van der Waals surface area contributed by atoms with Crippen LogP contribution in [0, 0.1) is 5.82 Å². The van der Waals surface area contributed by atoms with E-state index in [-0.39, 0.29) is 15.7 Å². The topological polar surface area (TPSA) is 69.6 Å². The van der Waals surface area contributed by atoms with Crippen molar-refractivity contribution in [3.63, 3.8) is 0 Å². The number of carbonyl (C=O) groups excluding carboxylic acids is 1. The molecule has 0 unspecified atom stereocenters. The summed E-state index contributed by atoms with van der Waals surface area (Å²) in [4.78, 5) is 22.9. The normalized spacial score (nSPS) is 10.0. The SMILES string of the molecule is CN(CC(=O)O)C(=O)Nc1c(Cl)cc(F)cc1Cl. The predicted molar refractivity (Wildman–Crippen MR) is 65.7 cm³/mol. The van der Waals surface area contributed by atoms with Gasteiger partial charge in [-0.1, -0.05) is 23.2 Å². The van der Waals surface area contributed by atoms with E-state index in [0.717, 1.165) is 17.0 Å². The fraction of sp³-hybridized carbons (Fsp3) is 0.200. The van der Waals surface area contributed by atoms with Gasteiger partial charge in [0.15, 0.2) is 0 Å². The van der Waals surface area contributed by atoms with Crippen LogP contribution in [-0.4, -0.2) is 35.6 Å². The van der Waals surface area contributed by atoms with E-state index in [4.69, 9.17) is 28.3 Å². The first-order valence-corrected chi connectivity index (χ1v) is 5.45. The number of likely N-dealkylation sites (N-methyl/N-ethyl adjacent to an activating group) is 1. The Kier molecular flexibility index (Phi) is 4.75. The van der Waals surface area contributed by atoms with E-state index in [1.54, 1.807) is 0 Å². The van der Waals surface area contributed by atoms with Gasteiger partial charge in [0, 0.05) is 7.05 Å². The molecule has 0 spiro atoms. The Labute approximate surface area is 112 Å². The lowest BCUT2D eigenvalue weighted by Gasteiger charge is -2.17. The molecule has 1 rings (SSSR count). The van der Waals surface area contributed by atoms with Gasteiger partial charge in [0.1, 0.15) is 12.4 Å². The van der Waals surface area contributed by atoms with Gasteiger partial charge in [0.05, 0.1) is 15.7 Å². The highest BCUT2D eigenvalue weighted by Gasteiger charge is 2.16. The number of rotatable bonds is 3. The van der Waals surface area contributed by atoms with Crippen LogP contribution in [0.25, 0.3) is 0 Å². The van der Waals surface area contributed by atoms with Crippen molar-refractivity contribution in [1.29, 1.82) is 0 Å². The summed E-state index contributed by atoms with van der Waals surface area (Å²) in [6.45, 7) is -0.484. The number of amides is 2. The first-order valence-electron chi connectivity index (χ1n) is 4.69. The van der Waals surface area contributed by atoms with Gasteiger partial charge in [-0.3, -0.25) is 4.79 Å². The molecule has 2 N–H and O–H groups in total. The maximum Gasteiger partial charge on any atom is 0.323 e. The van der Waals surface area contributed by atoms with Crippen LogP contribution in [0.2, 0.25) is 10.0 Å². The largest absolute Gasteiger partial charge is 0.480 e. The Hall–Kier alpha value is -1.53. The van der Waals surface area contributed by atoms with Crippen molar-refractivity contribution >= 4 is 40.9 Å². The molecule has 1 aromatic rings. The van der Waals surface area contributed by atoms with Gasteiger partial charge in [-0.2, -0.15) is 0 Å². The summed E-state index contributed by atoms with van der Waals surface area (Å²) in [5, 5.41) is 10.7. The summed E-state index contributed by atoms with van der Waals surface area (Å²) < 4.78 is 12.9. The summed E-state index contributed by atoms with van der Waals surface area (Å²) in [5.74, 6) is -1.80. The number of aliphatic carboxylic acids is 1. The van der Waals surface area contributed by atoms with Crippen LogP contribution in [0.3, 0.4) is 0 Å². The number of benzene rings is 1. The molecular weight excluding hydrogens is 286 g/mol. The molecule has 0 aliphatic heterocycles. The van der Waals surface area contributed by atoms with Gasteiger partial charge in [-0.15, -0.1) is 0 Å². The molecule has 5 nitrogen and oxygen atoms in total. The second-order valence-electron chi connectivity index (χ2n) is 3.42. The van der Waals surface area contributed by atoms with Crippen LogP contribution < -0.4 is 5.32 Å². The Morgan fingerprint density at radius 3 is 2.33 bits per heavy atom. The number of nitrogens with one attached hydrogen (secondary N) is 1. The van der Waals surface area contributed by atoms with Crippen molar-refractivity contribution in [2.24, 2.45) is 0 Å². The monoisotopic (exact) mass is 294 g/mol. The summed E-state index contributed by atoms with van der Waals surface area (Å²) in [6.07, 6.45) is 0. The van der Waals surface area contributed by atoms with Crippen LogP contribution in [0.15, 0.2) is 12.1 Å². The standard InChI is InChI=1S/C10H9Cl2FN2O3/c1-15(4-8(16)17)10(18)14-9-6(11)2-5(13)3-7(9)12/h2-3H,4H2,1H3,(H,14,18)(H,16,17).